The van der Waals surface area contributed by atoms with E-state index in [1.807, 2.05) is 0 Å². The first-order chi connectivity index (χ1) is 48.1. The molecular formula is C60H58F2N8O28P4. The number of phosphoric ester groups is 4. The average molecular weight is 1500 g/mol. The summed E-state index contributed by atoms with van der Waals surface area (Å²) in [5.41, 5.74) is -1.86. The summed E-state index contributed by atoms with van der Waals surface area (Å²) < 4.78 is 135. The van der Waals surface area contributed by atoms with Gasteiger partial charge in [0.05, 0.1) is 70.1 Å². The first kappa shape index (κ1) is 71.6. The third-order valence-corrected chi connectivity index (χ3v) is 23.4. The molecule has 11 N–H and O–H groups in total. The summed E-state index contributed by atoms with van der Waals surface area (Å²) in [6.07, 6.45) is -2.38. The number of pyridine rings is 4. The first-order valence-electron chi connectivity index (χ1n) is 30.8. The molecule has 102 heavy (non-hydrogen) atoms. The molecule has 4 aliphatic heterocycles. The number of ether oxygens (including phenoxy) is 4. The van der Waals surface area contributed by atoms with Crippen LogP contribution < -0.4 is 42.0 Å². The Bertz CT molecular complexity index is 4910. The van der Waals surface area contributed by atoms with Gasteiger partial charge < -0.3 is 73.1 Å². The zero-order chi connectivity index (χ0) is 73.2. The van der Waals surface area contributed by atoms with Crippen molar-refractivity contribution in [2.75, 3.05) is 25.5 Å². The van der Waals surface area contributed by atoms with Crippen molar-refractivity contribution in [2.24, 2.45) is 5.90 Å². The highest BCUT2D eigenvalue weighted by Crippen LogP contribution is 2.63. The molecule has 4 unspecified atom stereocenters. The molecule has 0 saturated carbocycles. The summed E-state index contributed by atoms with van der Waals surface area (Å²) in [6, 6.07) is 5.14. The lowest BCUT2D eigenvalue weighted by molar-refractivity contribution is -0.172. The van der Waals surface area contributed by atoms with Gasteiger partial charge in [-0.25, -0.2) is 71.1 Å². The Morgan fingerprint density at radius 3 is 1.42 bits per heavy atom. The van der Waals surface area contributed by atoms with Crippen molar-refractivity contribution >= 4 is 88.8 Å². The highest BCUT2D eigenvalue weighted by atomic mass is 31.3. The number of nitrogens with two attached hydrogens (primary N) is 1. The topological polar surface area (TPSA) is 508 Å². The molecule has 3 amide bonds. The van der Waals surface area contributed by atoms with Gasteiger partial charge in [-0.1, -0.05) is 13.8 Å². The van der Waals surface area contributed by atoms with Crippen LogP contribution in [0.3, 0.4) is 0 Å². The molecule has 4 aromatic heterocycles. The van der Waals surface area contributed by atoms with E-state index in [0.29, 0.717) is 62.4 Å². The minimum atomic E-state index is -5.97. The molecule has 0 fully saturated rings. The number of phosphoric acid groups is 4. The van der Waals surface area contributed by atoms with Crippen molar-refractivity contribution in [3.8, 4) is 34.3 Å². The predicted octanol–water partition coefficient (Wildman–Crippen LogP) is 6.16. The van der Waals surface area contributed by atoms with E-state index in [-0.39, 0.29) is 119 Å². The molecule has 0 spiro atoms. The number of aliphatic hydroxyl groups is 2. The Balaban J connectivity index is 0.649. The quantitative estimate of drug-likeness (QED) is 0.0126. The minimum Gasteiger partial charge on any atom is -0.458 e. The van der Waals surface area contributed by atoms with Gasteiger partial charge in [-0.2, -0.15) is 8.62 Å². The van der Waals surface area contributed by atoms with Crippen molar-refractivity contribution in [3.05, 3.63) is 142 Å². The summed E-state index contributed by atoms with van der Waals surface area (Å²) in [6.45, 7) is 1.24. The van der Waals surface area contributed by atoms with E-state index in [4.69, 9.17) is 43.9 Å². The van der Waals surface area contributed by atoms with Crippen LogP contribution >= 0.6 is 31.3 Å². The molecule has 0 bridgehead atoms. The smallest absolute Gasteiger partial charge is 0.458 e. The number of nitrogens with one attached hydrogen (secondary N) is 3. The van der Waals surface area contributed by atoms with E-state index in [1.165, 1.54) is 47.2 Å². The summed E-state index contributed by atoms with van der Waals surface area (Å²) in [5.74, 6) is -1.21. The van der Waals surface area contributed by atoms with Crippen molar-refractivity contribution < 1.29 is 131 Å². The van der Waals surface area contributed by atoms with Gasteiger partial charge in [0.25, 0.3) is 17.0 Å². The predicted molar refractivity (Wildman–Crippen MR) is 340 cm³/mol. The van der Waals surface area contributed by atoms with Crippen molar-refractivity contribution in [3.63, 3.8) is 0 Å². The van der Waals surface area contributed by atoms with Crippen molar-refractivity contribution in [1.82, 2.24) is 29.7 Å². The monoisotopic (exact) mass is 1500 g/mol. The van der Waals surface area contributed by atoms with Gasteiger partial charge in [0, 0.05) is 69.0 Å². The lowest BCUT2D eigenvalue weighted by Gasteiger charge is -2.31. The number of aryl methyl sites for hydroxylation is 2. The number of hydrogen-bond acceptors (Lipinski definition) is 27. The number of esters is 2. The number of hydrogen-bond donors (Lipinski definition) is 10. The highest BCUT2D eigenvalue weighted by Gasteiger charge is 2.49. The van der Waals surface area contributed by atoms with Crippen LogP contribution in [0, 0.1) is 25.5 Å². The fraction of sp³-hybridized carbons (Fsp3) is 0.350. The van der Waals surface area contributed by atoms with Crippen LogP contribution in [-0.4, -0.2) is 99.1 Å². The third-order valence-electron chi connectivity index (χ3n) is 18.4. The van der Waals surface area contributed by atoms with E-state index in [9.17, 15) is 81.6 Å². The second-order valence-electron chi connectivity index (χ2n) is 24.2. The van der Waals surface area contributed by atoms with Gasteiger partial charge in [0.15, 0.2) is 11.2 Å². The van der Waals surface area contributed by atoms with Crippen LogP contribution in [-0.2, 0) is 124 Å². The molecule has 36 nitrogen and oxygen atoms in total. The Morgan fingerprint density at radius 1 is 0.618 bits per heavy atom. The first-order valence-corrected chi connectivity index (χ1v) is 36.7. The summed E-state index contributed by atoms with van der Waals surface area (Å²) >= 11 is 0. The Hall–Kier alpha value is -8.77. The lowest BCUT2D eigenvalue weighted by Crippen LogP contribution is -2.44. The zero-order valence-corrected chi connectivity index (χ0v) is 57.0. The van der Waals surface area contributed by atoms with E-state index in [1.54, 1.807) is 13.8 Å². The maximum atomic E-state index is 15.5. The molecule has 42 heteroatoms. The number of cyclic esters (lactones) is 2. The number of benzene rings is 3. The molecule has 8 heterocycles. The molecule has 3 aromatic carbocycles. The average Bonchev–Trinajstić information content (AvgIpc) is 1.52. The molecule has 0 saturated heterocycles. The number of amides is 3. The molecule has 540 valence electrons. The molecular weight excluding hydrogens is 1440 g/mol. The van der Waals surface area contributed by atoms with Gasteiger partial charge in [-0.15, -0.1) is 0 Å². The lowest BCUT2D eigenvalue weighted by atomic mass is 9.81. The van der Waals surface area contributed by atoms with Crippen LogP contribution in [0.25, 0.3) is 44.6 Å². The van der Waals surface area contributed by atoms with E-state index in [0.717, 1.165) is 0 Å². The van der Waals surface area contributed by atoms with Crippen molar-refractivity contribution in [1.29, 1.82) is 0 Å². The third kappa shape index (κ3) is 12.9. The van der Waals surface area contributed by atoms with Gasteiger partial charge in [-0.3, -0.25) is 29.0 Å². The minimum absolute atomic E-state index is 0.00882. The Labute approximate surface area is 570 Å². The number of fused-ring (bicyclic) bond motifs is 10. The number of anilines is 1. The van der Waals surface area contributed by atoms with Crippen LogP contribution in [0.15, 0.2) is 52.1 Å². The number of carbonyl (C=O) groups is 5. The molecule has 6 aliphatic rings. The number of halogens is 2. The van der Waals surface area contributed by atoms with E-state index < -0.39 is 158 Å². The Morgan fingerprint density at radius 2 is 1.03 bits per heavy atom. The maximum Gasteiger partial charge on any atom is 0.536 e. The van der Waals surface area contributed by atoms with Crippen LogP contribution in [0.4, 0.5) is 24.1 Å². The number of aromatic nitrogens is 4. The fourth-order valence-electron chi connectivity index (χ4n) is 13.7. The molecule has 8 atom stereocenters. The second kappa shape index (κ2) is 26.2. The SMILES string of the molecule is CC[C@@]1(O)C(=O)OCc2c1cc1n(c2=O)Cc2c-1nc1cc(F)c(C)c3c1c2[C@@H](NC(=O)OCOP(=O)(O)OP(=O)(O)Oc1cc(NC(=O)CON)cc(OP(=O)(O)OP(=O)(O)OCOC(=O)N[C@H]2CCc4c(C)c(F)cc5nc6c(c2c45)Cn2c-6cc4c(c2=O)COC(=O)[C@]4(O)CC)c1)CC3. The molecule has 13 rings (SSSR count). The van der Waals surface area contributed by atoms with Crippen LogP contribution in [0.1, 0.15) is 118 Å². The number of carbonyl (C=O) groups excluding carboxylic acids is 5. The van der Waals surface area contributed by atoms with Gasteiger partial charge in [0.1, 0.15) is 43.0 Å². The largest absolute Gasteiger partial charge is 0.536 e. The highest BCUT2D eigenvalue weighted by molar-refractivity contribution is 7.61. The standard InChI is InChI=1S/C60H58F2N8O28P4/c1-5-59(78)36-14-44-51-32(18-69(44)53(72)34(36)20-88-55(59)74)49-40(9-7-30-25(3)38(61)16-42(65-51)47(30)49)67-57(76)90-23-93-99(80,81)97-101(84,85)95-28-11-27(64-46(71)22-92-63)12-29(13-28)96-102(86,87)98-100(82,83)94-24-91-58(77)68-41-10-8-31-26(4)39(62)17-43-48(31)50(41)33-19-70-45(52(33)66-43)15-37-35(54(70)73)21-89-56(75)60(37,79)6-2/h11-17,40-41,78-79H,5-10,18-24,63H2,1-4H3,(H,64,71)(H,67,76)(H,68,77)(H,80,81)(H,82,83)(H,84,85)(H,86,87)/t40-,41-,59-,60-/m0/s1. The normalized spacial score (nSPS) is 21.2. The summed E-state index contributed by atoms with van der Waals surface area (Å²) in [5, 5.41) is 31.0. The molecule has 2 aliphatic carbocycles. The summed E-state index contributed by atoms with van der Waals surface area (Å²) in [4.78, 5) is 149. The number of alkyl carbamates (subject to hydrolysis) is 2. The molecule has 7 aromatic rings. The second-order valence-corrected chi connectivity index (χ2v) is 30.2. The zero-order valence-electron chi connectivity index (χ0n) is 53.5. The van der Waals surface area contributed by atoms with Crippen molar-refractivity contribution in [2.45, 2.75) is 116 Å². The van der Waals surface area contributed by atoms with Gasteiger partial charge in [0.2, 0.25) is 13.6 Å². The Kier molecular flexibility index (Phi) is 18.4. The molecule has 0 radical (unpaired) electrons. The number of nitrogens with zero attached hydrogens (tertiary/aromatic N) is 4. The maximum absolute atomic E-state index is 15.5. The van der Waals surface area contributed by atoms with E-state index in [2.05, 4.69) is 38.5 Å². The van der Waals surface area contributed by atoms with Gasteiger partial charge in [-0.05, 0) is 97.9 Å². The van der Waals surface area contributed by atoms with Crippen LogP contribution in [0.5, 0.6) is 11.5 Å². The number of rotatable bonds is 21. The fourth-order valence-corrected chi connectivity index (χ4v) is 17.5. The van der Waals surface area contributed by atoms with Crippen LogP contribution in [0.2, 0.25) is 0 Å². The summed E-state index contributed by atoms with van der Waals surface area (Å²) in [7, 11) is -23.7. The van der Waals surface area contributed by atoms with E-state index >= 15 is 8.78 Å². The van der Waals surface area contributed by atoms with Gasteiger partial charge >= 0.3 is 55.4 Å².